The van der Waals surface area contributed by atoms with E-state index in [-0.39, 0.29) is 11.6 Å². The van der Waals surface area contributed by atoms with Gasteiger partial charge in [0.15, 0.2) is 16.7 Å². The maximum absolute atomic E-state index is 11.6. The Morgan fingerprint density at radius 1 is 1.05 bits per heavy atom. The Kier molecular flexibility index (Phi) is 4.77. The summed E-state index contributed by atoms with van der Waals surface area (Å²) in [7, 11) is 0. The van der Waals surface area contributed by atoms with Gasteiger partial charge in [-0.25, -0.2) is 9.97 Å². The number of rotatable bonds is 5. The van der Waals surface area contributed by atoms with Crippen LogP contribution in [0.5, 0.6) is 0 Å². The van der Waals surface area contributed by atoms with Gasteiger partial charge in [-0.1, -0.05) is 11.8 Å². The number of carbonyl (C=O) groups excluding carboxylic acids is 2. The number of ketones is 2. The smallest absolute Gasteiger partial charge is 0.191 e. The number of anilines is 3. The molecule has 1 aromatic carbocycles. The van der Waals surface area contributed by atoms with Crippen LogP contribution in [0.4, 0.5) is 17.3 Å². The zero-order valence-electron chi connectivity index (χ0n) is 12.5. The number of nitrogens with two attached hydrogens (primary N) is 1. The fourth-order valence-electron chi connectivity index (χ4n) is 1.85. The molecule has 0 aliphatic rings. The van der Waals surface area contributed by atoms with Crippen LogP contribution in [0.2, 0.25) is 0 Å². The van der Waals surface area contributed by atoms with Gasteiger partial charge in [0.05, 0.1) is 0 Å². The van der Waals surface area contributed by atoms with Gasteiger partial charge < -0.3 is 11.1 Å². The summed E-state index contributed by atoms with van der Waals surface area (Å²) in [4.78, 5) is 31.5. The van der Waals surface area contributed by atoms with Gasteiger partial charge in [-0.2, -0.15) is 0 Å². The van der Waals surface area contributed by atoms with Crippen LogP contribution in [0.1, 0.15) is 34.6 Å². The fourth-order valence-corrected chi connectivity index (χ4v) is 2.24. The summed E-state index contributed by atoms with van der Waals surface area (Å²) in [6.07, 6.45) is 1.85. The highest BCUT2D eigenvalue weighted by Crippen LogP contribution is 2.22. The van der Waals surface area contributed by atoms with Crippen LogP contribution in [-0.4, -0.2) is 27.8 Å². The summed E-state index contributed by atoms with van der Waals surface area (Å²) in [6, 6.07) is 6.52. The molecule has 0 bridgehead atoms. The van der Waals surface area contributed by atoms with Gasteiger partial charge in [-0.15, -0.1) is 0 Å². The maximum Gasteiger partial charge on any atom is 0.191 e. The summed E-state index contributed by atoms with van der Waals surface area (Å²) in [5, 5.41) is 3.60. The van der Waals surface area contributed by atoms with E-state index in [1.54, 1.807) is 24.3 Å². The van der Waals surface area contributed by atoms with Gasteiger partial charge in [0, 0.05) is 22.9 Å². The molecule has 0 saturated carbocycles. The second-order valence-electron chi connectivity index (χ2n) is 4.70. The first kappa shape index (κ1) is 16.0. The molecule has 0 spiro atoms. The lowest BCUT2D eigenvalue weighted by Crippen LogP contribution is -2.03. The van der Waals surface area contributed by atoms with Crippen LogP contribution >= 0.6 is 11.8 Å². The van der Waals surface area contributed by atoms with Crippen LogP contribution in [-0.2, 0) is 0 Å². The van der Waals surface area contributed by atoms with E-state index in [9.17, 15) is 9.59 Å². The average molecular weight is 316 g/mol. The second-order valence-corrected chi connectivity index (χ2v) is 5.47. The molecule has 0 atom stereocenters. The standard InChI is InChI=1S/C15H16N4O2S/c1-8(20)10-4-11(9(2)21)6-12(5-10)17-14-7-13(16)18-15(19-14)22-3/h4-7H,1-3H3,(H3,16,17,18,19). The molecule has 7 heteroatoms. The minimum absolute atomic E-state index is 0.113. The highest BCUT2D eigenvalue weighted by atomic mass is 32.2. The van der Waals surface area contributed by atoms with Gasteiger partial charge in [-0.05, 0) is 38.3 Å². The zero-order valence-corrected chi connectivity index (χ0v) is 13.3. The Morgan fingerprint density at radius 2 is 1.64 bits per heavy atom. The second kappa shape index (κ2) is 6.57. The topological polar surface area (TPSA) is 98.0 Å². The summed E-state index contributed by atoms with van der Waals surface area (Å²) in [5.74, 6) is 0.625. The fraction of sp³-hybridized carbons (Fsp3) is 0.200. The van der Waals surface area contributed by atoms with Crippen LogP contribution < -0.4 is 11.1 Å². The number of thioether (sulfide) groups is 1. The summed E-state index contributed by atoms with van der Waals surface area (Å²) < 4.78 is 0. The maximum atomic E-state index is 11.6. The van der Waals surface area contributed by atoms with Crippen molar-refractivity contribution in [1.82, 2.24) is 9.97 Å². The molecule has 0 aliphatic carbocycles. The molecule has 2 rings (SSSR count). The van der Waals surface area contributed by atoms with Gasteiger partial charge >= 0.3 is 0 Å². The van der Waals surface area contributed by atoms with Crippen molar-refractivity contribution in [3.05, 3.63) is 35.4 Å². The average Bonchev–Trinajstić information content (AvgIpc) is 2.46. The number of aromatic nitrogens is 2. The minimum atomic E-state index is -0.113. The van der Waals surface area contributed by atoms with Gasteiger partial charge in [0.25, 0.3) is 0 Å². The number of nitrogens with one attached hydrogen (secondary N) is 1. The number of nitrogens with zero attached hydrogens (tertiary/aromatic N) is 2. The number of hydrogen-bond acceptors (Lipinski definition) is 7. The van der Waals surface area contributed by atoms with Crippen molar-refractivity contribution < 1.29 is 9.59 Å². The third kappa shape index (κ3) is 3.82. The zero-order chi connectivity index (χ0) is 16.3. The Bertz CT molecular complexity index is 714. The van der Waals surface area contributed by atoms with Crippen molar-refractivity contribution in [2.45, 2.75) is 19.0 Å². The Hall–Kier alpha value is -2.41. The molecule has 22 heavy (non-hydrogen) atoms. The molecule has 0 unspecified atom stereocenters. The van der Waals surface area contributed by atoms with Gasteiger partial charge in [0.1, 0.15) is 11.6 Å². The Morgan fingerprint density at radius 3 is 2.14 bits per heavy atom. The van der Waals surface area contributed by atoms with Crippen molar-refractivity contribution >= 4 is 40.7 Å². The molecule has 6 nitrogen and oxygen atoms in total. The van der Waals surface area contributed by atoms with Crippen LogP contribution in [0.15, 0.2) is 29.4 Å². The highest BCUT2D eigenvalue weighted by Gasteiger charge is 2.09. The lowest BCUT2D eigenvalue weighted by molar-refractivity contribution is 0.101. The van der Waals surface area contributed by atoms with E-state index in [4.69, 9.17) is 5.73 Å². The summed E-state index contributed by atoms with van der Waals surface area (Å²) >= 11 is 1.37. The van der Waals surface area contributed by atoms with Crippen molar-refractivity contribution in [2.24, 2.45) is 0 Å². The number of benzene rings is 1. The van der Waals surface area contributed by atoms with E-state index in [1.165, 1.54) is 25.6 Å². The molecule has 0 fully saturated rings. The van der Waals surface area contributed by atoms with Gasteiger partial charge in [0.2, 0.25) is 0 Å². The van der Waals surface area contributed by atoms with Crippen molar-refractivity contribution in [2.75, 3.05) is 17.3 Å². The first-order chi connectivity index (χ1) is 10.4. The SMILES string of the molecule is CSc1nc(N)cc(Nc2cc(C(C)=O)cc(C(C)=O)c2)n1. The van der Waals surface area contributed by atoms with E-state index in [0.717, 1.165) is 0 Å². The van der Waals surface area contributed by atoms with Crippen LogP contribution in [0.25, 0.3) is 0 Å². The molecule has 2 aromatic rings. The van der Waals surface area contributed by atoms with E-state index in [0.29, 0.717) is 33.6 Å². The summed E-state index contributed by atoms with van der Waals surface area (Å²) in [6.45, 7) is 2.91. The van der Waals surface area contributed by atoms with E-state index in [2.05, 4.69) is 15.3 Å². The molecular formula is C15H16N4O2S. The molecule has 1 aromatic heterocycles. The lowest BCUT2D eigenvalue weighted by atomic mass is 10.0. The molecule has 0 saturated heterocycles. The molecule has 0 amide bonds. The first-order valence-electron chi connectivity index (χ1n) is 6.51. The first-order valence-corrected chi connectivity index (χ1v) is 7.74. The van der Waals surface area contributed by atoms with E-state index >= 15 is 0 Å². The Labute approximate surface area is 132 Å². The molecule has 0 aliphatic heterocycles. The largest absolute Gasteiger partial charge is 0.383 e. The van der Waals surface area contributed by atoms with Crippen molar-refractivity contribution in [3.8, 4) is 0 Å². The predicted molar refractivity (Wildman–Crippen MR) is 88.0 cm³/mol. The van der Waals surface area contributed by atoms with Crippen LogP contribution in [0, 0.1) is 0 Å². The normalized spacial score (nSPS) is 10.3. The quantitative estimate of drug-likeness (QED) is 0.497. The predicted octanol–water partition coefficient (Wildman–Crippen LogP) is 2.93. The number of hydrogen-bond donors (Lipinski definition) is 2. The van der Waals surface area contributed by atoms with Gasteiger partial charge in [-0.3, -0.25) is 9.59 Å². The monoisotopic (exact) mass is 316 g/mol. The van der Waals surface area contributed by atoms with Crippen LogP contribution in [0.3, 0.4) is 0 Å². The minimum Gasteiger partial charge on any atom is -0.383 e. The molecule has 1 heterocycles. The number of carbonyl (C=O) groups is 2. The number of Topliss-reactive ketones (excluding diaryl/α,β-unsaturated/α-hetero) is 2. The summed E-state index contributed by atoms with van der Waals surface area (Å²) in [5.41, 5.74) is 7.25. The third-order valence-electron chi connectivity index (χ3n) is 2.93. The number of nitrogen functional groups attached to an aromatic ring is 1. The van der Waals surface area contributed by atoms with E-state index < -0.39 is 0 Å². The molecule has 114 valence electrons. The molecule has 3 N–H and O–H groups in total. The molecular weight excluding hydrogens is 300 g/mol. The van der Waals surface area contributed by atoms with E-state index in [1.807, 2.05) is 6.26 Å². The highest BCUT2D eigenvalue weighted by molar-refractivity contribution is 7.98. The molecule has 0 radical (unpaired) electrons. The third-order valence-corrected chi connectivity index (χ3v) is 3.47. The Balaban J connectivity index is 2.42. The van der Waals surface area contributed by atoms with Crippen molar-refractivity contribution in [3.63, 3.8) is 0 Å². The lowest BCUT2D eigenvalue weighted by Gasteiger charge is -2.10. The van der Waals surface area contributed by atoms with Crippen molar-refractivity contribution in [1.29, 1.82) is 0 Å².